The maximum Gasteiger partial charge on any atom is 0.337 e. The Hall–Kier alpha value is -2.90. The van der Waals surface area contributed by atoms with E-state index in [2.05, 4.69) is 15.4 Å². The molecule has 0 saturated carbocycles. The molecule has 8 heteroatoms. The van der Waals surface area contributed by atoms with Gasteiger partial charge in [-0.05, 0) is 48.9 Å². The number of halogens is 1. The first kappa shape index (κ1) is 21.4. The molecular weight excluding hydrogens is 384 g/mol. The second kappa shape index (κ2) is 9.34. The van der Waals surface area contributed by atoms with Crippen molar-refractivity contribution < 1.29 is 23.9 Å². The molecule has 7 nitrogen and oxygen atoms in total. The predicted molar refractivity (Wildman–Crippen MR) is 105 cm³/mol. The first-order chi connectivity index (χ1) is 13.3. The molecule has 28 heavy (non-hydrogen) atoms. The fraction of sp³-hybridized carbons (Fsp3) is 0.250. The van der Waals surface area contributed by atoms with Crippen LogP contribution in [-0.4, -0.2) is 38.5 Å². The van der Waals surface area contributed by atoms with Crippen LogP contribution < -0.4 is 10.6 Å². The average molecular weight is 405 g/mol. The van der Waals surface area contributed by atoms with Crippen molar-refractivity contribution >= 4 is 35.1 Å². The van der Waals surface area contributed by atoms with Gasteiger partial charge in [0.05, 0.1) is 19.2 Å². The molecule has 0 fully saturated rings. The van der Waals surface area contributed by atoms with E-state index in [1.807, 2.05) is 6.07 Å². The molecule has 0 aliphatic heterocycles. The molecule has 2 aromatic rings. The van der Waals surface area contributed by atoms with Crippen molar-refractivity contribution in [1.29, 1.82) is 0 Å². The second-order valence-electron chi connectivity index (χ2n) is 6.15. The van der Waals surface area contributed by atoms with Gasteiger partial charge in [-0.15, -0.1) is 0 Å². The summed E-state index contributed by atoms with van der Waals surface area (Å²) in [6.45, 7) is 1.85. The van der Waals surface area contributed by atoms with E-state index < -0.39 is 23.4 Å². The standard InChI is InChI=1S/C20H21ClN2O5/c1-20(28-3,14-5-4-6-15(21)11-14)12-22-17(24)18(25)23-16-9-7-13(8-10-16)19(26)27-2/h4-11H,12H2,1-3H3,(H,22,24)(H,23,25)/t20-/m1/s1. The molecule has 148 valence electrons. The normalized spacial score (nSPS) is 12.6. The monoisotopic (exact) mass is 404 g/mol. The van der Waals surface area contributed by atoms with Gasteiger partial charge in [0, 0.05) is 17.8 Å². The van der Waals surface area contributed by atoms with Crippen molar-refractivity contribution in [1.82, 2.24) is 5.32 Å². The molecule has 0 radical (unpaired) electrons. The molecule has 2 amide bonds. The van der Waals surface area contributed by atoms with Crippen LogP contribution in [0.3, 0.4) is 0 Å². The molecule has 0 aliphatic rings. The van der Waals surface area contributed by atoms with Crippen LogP contribution in [-0.2, 0) is 24.7 Å². The predicted octanol–water partition coefficient (Wildman–Crippen LogP) is 2.74. The van der Waals surface area contributed by atoms with Crippen LogP contribution >= 0.6 is 11.6 Å². The summed E-state index contributed by atoms with van der Waals surface area (Å²) in [4.78, 5) is 35.7. The van der Waals surface area contributed by atoms with Crippen LogP contribution in [0.1, 0.15) is 22.8 Å². The molecule has 0 bridgehead atoms. The molecule has 0 aliphatic carbocycles. The van der Waals surface area contributed by atoms with Gasteiger partial charge in [-0.2, -0.15) is 0 Å². The highest BCUT2D eigenvalue weighted by atomic mass is 35.5. The highest BCUT2D eigenvalue weighted by Crippen LogP contribution is 2.26. The molecule has 2 rings (SSSR count). The Morgan fingerprint density at radius 3 is 2.29 bits per heavy atom. The topological polar surface area (TPSA) is 93.7 Å². The summed E-state index contributed by atoms with van der Waals surface area (Å²) in [5, 5.41) is 5.56. The minimum absolute atomic E-state index is 0.0668. The van der Waals surface area contributed by atoms with Crippen molar-refractivity contribution in [3.05, 3.63) is 64.7 Å². The molecule has 0 aromatic heterocycles. The van der Waals surface area contributed by atoms with Gasteiger partial charge in [-0.1, -0.05) is 23.7 Å². The van der Waals surface area contributed by atoms with E-state index in [0.29, 0.717) is 16.3 Å². The van der Waals surface area contributed by atoms with Crippen LogP contribution in [0.2, 0.25) is 5.02 Å². The van der Waals surface area contributed by atoms with Gasteiger partial charge < -0.3 is 20.1 Å². The van der Waals surface area contributed by atoms with Crippen molar-refractivity contribution in [2.45, 2.75) is 12.5 Å². The van der Waals surface area contributed by atoms with Crippen molar-refractivity contribution in [3.63, 3.8) is 0 Å². The molecule has 0 unspecified atom stereocenters. The smallest absolute Gasteiger partial charge is 0.337 e. The zero-order valence-electron chi connectivity index (χ0n) is 15.7. The molecule has 2 N–H and O–H groups in total. The zero-order valence-corrected chi connectivity index (χ0v) is 16.5. The fourth-order valence-electron chi connectivity index (χ4n) is 2.43. The highest BCUT2D eigenvalue weighted by Gasteiger charge is 2.28. The molecule has 0 heterocycles. The van der Waals surface area contributed by atoms with Gasteiger partial charge in [0.15, 0.2) is 0 Å². The van der Waals surface area contributed by atoms with Crippen LogP contribution in [0.25, 0.3) is 0 Å². The summed E-state index contributed by atoms with van der Waals surface area (Å²) in [7, 11) is 2.79. The summed E-state index contributed by atoms with van der Waals surface area (Å²) in [5.74, 6) is -2.15. The number of anilines is 1. The quantitative estimate of drug-likeness (QED) is 0.570. The fourth-order valence-corrected chi connectivity index (χ4v) is 2.62. The number of hydrogen-bond acceptors (Lipinski definition) is 5. The minimum Gasteiger partial charge on any atom is -0.465 e. The number of benzene rings is 2. The Balaban J connectivity index is 1.98. The summed E-state index contributed by atoms with van der Waals surface area (Å²) in [5.41, 5.74) is 0.615. The Morgan fingerprint density at radius 2 is 1.71 bits per heavy atom. The average Bonchev–Trinajstić information content (AvgIpc) is 2.71. The van der Waals surface area contributed by atoms with Crippen molar-refractivity contribution in [2.24, 2.45) is 0 Å². The SMILES string of the molecule is COC(=O)c1ccc(NC(=O)C(=O)NC[C@@](C)(OC)c2cccc(Cl)c2)cc1. The highest BCUT2D eigenvalue weighted by molar-refractivity contribution is 6.39. The van der Waals surface area contributed by atoms with Gasteiger partial charge in [0.25, 0.3) is 0 Å². The van der Waals surface area contributed by atoms with E-state index in [9.17, 15) is 14.4 Å². The number of carbonyl (C=O) groups excluding carboxylic acids is 3. The lowest BCUT2D eigenvalue weighted by Crippen LogP contribution is -2.44. The van der Waals surface area contributed by atoms with Gasteiger partial charge in [0.1, 0.15) is 5.60 Å². The maximum absolute atomic E-state index is 12.2. The number of carbonyl (C=O) groups is 3. The number of nitrogens with one attached hydrogen (secondary N) is 2. The minimum atomic E-state index is -0.858. The second-order valence-corrected chi connectivity index (χ2v) is 6.59. The van der Waals surface area contributed by atoms with Crippen LogP contribution in [0.4, 0.5) is 5.69 Å². The van der Waals surface area contributed by atoms with E-state index in [-0.39, 0.29) is 6.54 Å². The number of hydrogen-bond donors (Lipinski definition) is 2. The molecular formula is C20H21ClN2O5. The number of rotatable bonds is 6. The van der Waals surface area contributed by atoms with Crippen LogP contribution in [0.15, 0.2) is 48.5 Å². The maximum atomic E-state index is 12.2. The third-order valence-electron chi connectivity index (χ3n) is 4.24. The van der Waals surface area contributed by atoms with E-state index in [1.54, 1.807) is 25.1 Å². The lowest BCUT2D eigenvalue weighted by Gasteiger charge is -2.29. The Kier molecular flexibility index (Phi) is 7.14. The van der Waals surface area contributed by atoms with Gasteiger partial charge >= 0.3 is 17.8 Å². The van der Waals surface area contributed by atoms with E-state index in [0.717, 1.165) is 5.56 Å². The van der Waals surface area contributed by atoms with Crippen molar-refractivity contribution in [2.75, 3.05) is 26.1 Å². The molecule has 2 aromatic carbocycles. The van der Waals surface area contributed by atoms with E-state index >= 15 is 0 Å². The van der Waals surface area contributed by atoms with Gasteiger partial charge in [-0.3, -0.25) is 9.59 Å². The summed E-state index contributed by atoms with van der Waals surface area (Å²) >= 11 is 6.02. The Morgan fingerprint density at radius 1 is 1.04 bits per heavy atom. The number of esters is 1. The van der Waals surface area contributed by atoms with Gasteiger partial charge in [0.2, 0.25) is 0 Å². The lowest BCUT2D eigenvalue weighted by molar-refractivity contribution is -0.137. The zero-order chi connectivity index (χ0) is 20.7. The van der Waals surface area contributed by atoms with Crippen LogP contribution in [0, 0.1) is 0 Å². The first-order valence-electron chi connectivity index (χ1n) is 8.38. The van der Waals surface area contributed by atoms with Crippen molar-refractivity contribution in [3.8, 4) is 0 Å². The first-order valence-corrected chi connectivity index (χ1v) is 8.75. The van der Waals surface area contributed by atoms with Crippen LogP contribution in [0.5, 0.6) is 0 Å². The molecule has 0 spiro atoms. The Labute approximate surface area is 168 Å². The third-order valence-corrected chi connectivity index (χ3v) is 4.48. The number of methoxy groups -OCH3 is 2. The molecule has 0 saturated heterocycles. The lowest BCUT2D eigenvalue weighted by atomic mass is 9.95. The number of amides is 2. The summed E-state index contributed by atoms with van der Waals surface area (Å²) < 4.78 is 10.1. The van der Waals surface area contributed by atoms with Gasteiger partial charge in [-0.25, -0.2) is 4.79 Å². The largest absolute Gasteiger partial charge is 0.465 e. The molecule has 1 atom stereocenters. The number of ether oxygens (including phenoxy) is 2. The Bertz CT molecular complexity index is 869. The summed E-state index contributed by atoms with van der Waals surface area (Å²) in [6.07, 6.45) is 0. The third kappa shape index (κ3) is 5.31. The van der Waals surface area contributed by atoms with E-state index in [4.69, 9.17) is 16.3 Å². The summed E-state index contributed by atoms with van der Waals surface area (Å²) in [6, 6.07) is 13.1. The van der Waals surface area contributed by atoms with E-state index in [1.165, 1.54) is 38.5 Å².